The number of benzene rings is 1. The quantitative estimate of drug-likeness (QED) is 0.425. The Labute approximate surface area is 113 Å². The molecule has 0 aliphatic rings. The van der Waals surface area contributed by atoms with E-state index < -0.39 is 11.1 Å². The number of hydrogen-bond acceptors (Lipinski definition) is 3. The Morgan fingerprint density at radius 2 is 1.73 bits per heavy atom. The largest absolute Gasteiger partial charge is 1.00 e. The average molecular weight is 235 g/mol. The molecule has 0 heterocycles. The molecule has 1 amide bonds. The monoisotopic (exact) mass is 235 g/mol. The molecule has 1 rings (SSSR count). The number of nitrogens with zero attached hydrogens (tertiary/aromatic N) is 1. The van der Waals surface area contributed by atoms with Crippen molar-refractivity contribution in [1.82, 2.24) is 4.90 Å². The van der Waals surface area contributed by atoms with Crippen LogP contribution in [0.25, 0.3) is 0 Å². The average Bonchev–Trinajstić information content (AvgIpc) is 2.16. The molecule has 4 nitrogen and oxygen atoms in total. The van der Waals surface area contributed by atoms with Crippen molar-refractivity contribution in [3.8, 4) is 0 Å². The van der Waals surface area contributed by atoms with Crippen LogP contribution in [0, 0.1) is 0 Å². The standard InChI is InChI=1S/C9H11NO3S.Na/c1-10(2)9(11)7-3-5-8(6-4-7)14(12)13;/h3-6H,1-2H3,(H,12,13);/q;+1/p-1. The van der Waals surface area contributed by atoms with Crippen LogP contribution in [0.2, 0.25) is 0 Å². The van der Waals surface area contributed by atoms with Crippen molar-refractivity contribution in [3.05, 3.63) is 29.8 Å². The molecule has 15 heavy (non-hydrogen) atoms. The van der Waals surface area contributed by atoms with Gasteiger partial charge in [0.05, 0.1) is 0 Å². The van der Waals surface area contributed by atoms with Gasteiger partial charge in [0.25, 0.3) is 5.91 Å². The van der Waals surface area contributed by atoms with Gasteiger partial charge in [-0.2, -0.15) is 0 Å². The maximum absolute atomic E-state index is 11.4. The summed E-state index contributed by atoms with van der Waals surface area (Å²) in [7, 11) is 3.28. The van der Waals surface area contributed by atoms with Crippen molar-refractivity contribution in [1.29, 1.82) is 0 Å². The van der Waals surface area contributed by atoms with Gasteiger partial charge in [0, 0.05) is 24.6 Å². The zero-order chi connectivity index (χ0) is 10.7. The molecule has 0 radical (unpaired) electrons. The molecule has 6 heteroatoms. The summed E-state index contributed by atoms with van der Waals surface area (Å²) in [6.45, 7) is 0. The molecule has 0 aliphatic carbocycles. The molecule has 0 saturated carbocycles. The van der Waals surface area contributed by atoms with E-state index in [9.17, 15) is 13.6 Å². The summed E-state index contributed by atoms with van der Waals surface area (Å²) in [4.78, 5) is 13.0. The summed E-state index contributed by atoms with van der Waals surface area (Å²) in [6.07, 6.45) is 0. The van der Waals surface area contributed by atoms with Gasteiger partial charge in [0.1, 0.15) is 0 Å². The first-order chi connectivity index (χ1) is 6.52. The van der Waals surface area contributed by atoms with E-state index in [2.05, 4.69) is 0 Å². The molecular weight excluding hydrogens is 225 g/mol. The Morgan fingerprint density at radius 3 is 2.07 bits per heavy atom. The summed E-state index contributed by atoms with van der Waals surface area (Å²) in [5, 5.41) is 0. The normalized spacial score (nSPS) is 11.4. The molecular formula is C9H10NNaO3S. The number of amides is 1. The van der Waals surface area contributed by atoms with Gasteiger partial charge in [-0.15, -0.1) is 0 Å². The van der Waals surface area contributed by atoms with Gasteiger partial charge in [0.2, 0.25) is 0 Å². The second-order valence-corrected chi connectivity index (χ2v) is 3.90. The first kappa shape index (κ1) is 14.8. The molecule has 0 saturated heterocycles. The third kappa shape index (κ3) is 4.04. The Balaban J connectivity index is 0.00000196. The Hall–Kier alpha value is -0.200. The van der Waals surface area contributed by atoms with Crippen LogP contribution in [0.5, 0.6) is 0 Å². The van der Waals surface area contributed by atoms with E-state index in [0.717, 1.165) is 0 Å². The van der Waals surface area contributed by atoms with Gasteiger partial charge >= 0.3 is 29.6 Å². The molecule has 0 aromatic heterocycles. The van der Waals surface area contributed by atoms with Gasteiger partial charge in [0.15, 0.2) is 0 Å². The maximum atomic E-state index is 11.4. The van der Waals surface area contributed by atoms with Gasteiger partial charge in [-0.05, 0) is 35.3 Å². The minimum Gasteiger partial charge on any atom is -0.768 e. The molecule has 0 N–H and O–H groups in total. The maximum Gasteiger partial charge on any atom is 1.00 e. The van der Waals surface area contributed by atoms with Crippen LogP contribution in [0.3, 0.4) is 0 Å². The van der Waals surface area contributed by atoms with E-state index in [1.54, 1.807) is 14.1 Å². The van der Waals surface area contributed by atoms with E-state index in [1.165, 1.54) is 29.2 Å². The molecule has 1 unspecified atom stereocenters. The smallest absolute Gasteiger partial charge is 0.768 e. The van der Waals surface area contributed by atoms with E-state index >= 15 is 0 Å². The second kappa shape index (κ2) is 6.40. The number of carbonyl (C=O) groups excluding carboxylic acids is 1. The van der Waals surface area contributed by atoms with Crippen LogP contribution in [0.1, 0.15) is 10.4 Å². The molecule has 76 valence electrons. The molecule has 1 aromatic carbocycles. The summed E-state index contributed by atoms with van der Waals surface area (Å²) < 4.78 is 21.0. The predicted octanol–water partition coefficient (Wildman–Crippen LogP) is -2.37. The van der Waals surface area contributed by atoms with Crippen molar-refractivity contribution >= 4 is 17.0 Å². The van der Waals surface area contributed by atoms with Crippen molar-refractivity contribution in [3.63, 3.8) is 0 Å². The Bertz CT molecular complexity index is 364. The molecule has 1 aromatic rings. The van der Waals surface area contributed by atoms with Crippen LogP contribution >= 0.6 is 0 Å². The molecule has 0 bridgehead atoms. The van der Waals surface area contributed by atoms with Crippen LogP contribution < -0.4 is 29.6 Å². The second-order valence-electron chi connectivity index (χ2n) is 2.96. The van der Waals surface area contributed by atoms with E-state index in [0.29, 0.717) is 5.56 Å². The molecule has 0 aliphatic heterocycles. The van der Waals surface area contributed by atoms with Gasteiger partial charge in [-0.3, -0.25) is 9.00 Å². The van der Waals surface area contributed by atoms with Crippen molar-refractivity contribution in [2.24, 2.45) is 0 Å². The number of rotatable bonds is 2. The van der Waals surface area contributed by atoms with Crippen LogP contribution in [-0.2, 0) is 11.1 Å². The van der Waals surface area contributed by atoms with Crippen LogP contribution in [0.15, 0.2) is 29.2 Å². The van der Waals surface area contributed by atoms with Gasteiger partial charge in [-0.25, -0.2) is 0 Å². The molecule has 0 spiro atoms. The van der Waals surface area contributed by atoms with Crippen LogP contribution in [-0.4, -0.2) is 33.7 Å². The van der Waals surface area contributed by atoms with Crippen LogP contribution in [0.4, 0.5) is 0 Å². The van der Waals surface area contributed by atoms with Crippen molar-refractivity contribution in [2.75, 3.05) is 14.1 Å². The Morgan fingerprint density at radius 1 is 1.27 bits per heavy atom. The minimum absolute atomic E-state index is 0. The fourth-order valence-corrected chi connectivity index (χ4v) is 1.33. The van der Waals surface area contributed by atoms with E-state index in [4.69, 9.17) is 0 Å². The first-order valence-electron chi connectivity index (χ1n) is 3.93. The summed E-state index contributed by atoms with van der Waals surface area (Å²) in [5.41, 5.74) is 0.476. The van der Waals surface area contributed by atoms with Crippen molar-refractivity contribution < 1.29 is 43.1 Å². The topological polar surface area (TPSA) is 60.4 Å². The number of hydrogen-bond donors (Lipinski definition) is 0. The zero-order valence-corrected chi connectivity index (χ0v) is 11.7. The summed E-state index contributed by atoms with van der Waals surface area (Å²) in [5.74, 6) is -0.145. The fraction of sp³-hybridized carbons (Fsp3) is 0.222. The first-order valence-corrected chi connectivity index (χ1v) is 5.01. The number of carbonyl (C=O) groups is 1. The third-order valence-corrected chi connectivity index (χ3v) is 2.36. The summed E-state index contributed by atoms with van der Waals surface area (Å²) >= 11 is -2.24. The third-order valence-electron chi connectivity index (χ3n) is 1.70. The minimum atomic E-state index is -2.24. The van der Waals surface area contributed by atoms with Gasteiger partial charge < -0.3 is 9.45 Å². The van der Waals surface area contributed by atoms with Crippen molar-refractivity contribution in [2.45, 2.75) is 4.90 Å². The predicted molar refractivity (Wildman–Crippen MR) is 51.6 cm³/mol. The Kier molecular flexibility index (Phi) is 6.31. The van der Waals surface area contributed by atoms with E-state index in [1.807, 2.05) is 0 Å². The molecule has 0 fully saturated rings. The zero-order valence-electron chi connectivity index (χ0n) is 8.89. The summed E-state index contributed by atoms with van der Waals surface area (Å²) in [6, 6.07) is 5.79. The molecule has 1 atom stereocenters. The van der Waals surface area contributed by atoms with Gasteiger partial charge in [-0.1, -0.05) is 0 Å². The van der Waals surface area contributed by atoms with E-state index in [-0.39, 0.29) is 40.4 Å². The fourth-order valence-electron chi connectivity index (χ4n) is 0.967. The SMILES string of the molecule is CN(C)C(=O)c1ccc(S(=O)[O-])cc1.[Na+].